The highest BCUT2D eigenvalue weighted by Crippen LogP contribution is 2.19. The average molecular weight is 271 g/mol. The Morgan fingerprint density at radius 2 is 2.00 bits per heavy atom. The van der Waals surface area contributed by atoms with Crippen LogP contribution >= 0.6 is 11.3 Å². The van der Waals surface area contributed by atoms with E-state index in [1.807, 2.05) is 24.3 Å². The fourth-order valence-electron chi connectivity index (χ4n) is 1.97. The van der Waals surface area contributed by atoms with Crippen molar-refractivity contribution in [2.75, 3.05) is 0 Å². The Morgan fingerprint density at radius 3 is 2.74 bits per heavy atom. The second-order valence-corrected chi connectivity index (χ2v) is 5.18. The maximum absolute atomic E-state index is 11.9. The maximum Gasteiger partial charge on any atom is 0.244 e. The number of aliphatic hydroxyl groups is 1. The van der Waals surface area contributed by atoms with Crippen LogP contribution < -0.4 is 10.9 Å². The standard InChI is InChI=1S/C14H9NO3S/c1-7(16)8-6-10(17)13(18)14-12(8)15-9-4-2-3-5-11(9)19-14/h2-6,15-16H,1H2. The number of aliphatic hydroxyl groups excluding tert-OH is 1. The van der Waals surface area contributed by atoms with Crippen LogP contribution in [0.5, 0.6) is 0 Å². The number of nitrogens with one attached hydrogen (secondary N) is 1. The predicted octanol–water partition coefficient (Wildman–Crippen LogP) is 2.20. The van der Waals surface area contributed by atoms with Gasteiger partial charge in [-0.05, 0) is 12.1 Å². The summed E-state index contributed by atoms with van der Waals surface area (Å²) in [5.41, 5.74) is -0.105. The summed E-state index contributed by atoms with van der Waals surface area (Å²) >= 11 is 1.23. The summed E-state index contributed by atoms with van der Waals surface area (Å²) in [5.74, 6) is -0.235. The van der Waals surface area contributed by atoms with E-state index in [4.69, 9.17) is 0 Å². The zero-order chi connectivity index (χ0) is 13.6. The smallest absolute Gasteiger partial charge is 0.244 e. The molecular weight excluding hydrogens is 262 g/mol. The minimum absolute atomic E-state index is 0.235. The van der Waals surface area contributed by atoms with Crippen molar-refractivity contribution < 1.29 is 5.11 Å². The highest BCUT2D eigenvalue weighted by atomic mass is 32.1. The van der Waals surface area contributed by atoms with Crippen LogP contribution in [-0.2, 0) is 0 Å². The zero-order valence-electron chi connectivity index (χ0n) is 9.77. The number of benzene rings is 1. The summed E-state index contributed by atoms with van der Waals surface area (Å²) in [4.78, 5) is 26.6. The van der Waals surface area contributed by atoms with Gasteiger partial charge in [0.15, 0.2) is 0 Å². The van der Waals surface area contributed by atoms with E-state index in [1.165, 1.54) is 11.3 Å². The van der Waals surface area contributed by atoms with Gasteiger partial charge in [0.05, 0.1) is 15.6 Å². The van der Waals surface area contributed by atoms with Gasteiger partial charge in [0.1, 0.15) is 10.3 Å². The molecule has 3 rings (SSSR count). The normalized spacial score (nSPS) is 10.9. The molecule has 4 nitrogen and oxygen atoms in total. The molecule has 0 amide bonds. The topological polar surface area (TPSA) is 70.2 Å². The summed E-state index contributed by atoms with van der Waals surface area (Å²) in [6, 6.07) is 8.57. The van der Waals surface area contributed by atoms with Crippen LogP contribution in [0.2, 0.25) is 0 Å². The molecule has 0 aromatic heterocycles. The second kappa shape index (κ2) is 4.07. The molecule has 0 spiro atoms. The number of rotatable bonds is 1. The third-order valence-corrected chi connectivity index (χ3v) is 4.04. The minimum Gasteiger partial charge on any atom is -0.508 e. The first-order valence-corrected chi connectivity index (χ1v) is 6.36. The molecule has 94 valence electrons. The van der Waals surface area contributed by atoms with E-state index in [2.05, 4.69) is 11.6 Å². The van der Waals surface area contributed by atoms with Crippen molar-refractivity contribution in [1.29, 1.82) is 0 Å². The van der Waals surface area contributed by atoms with Gasteiger partial charge in [-0.15, -0.1) is 11.3 Å². The fourth-order valence-corrected chi connectivity index (χ4v) is 3.02. The number of hydrogen-bond donors (Lipinski definition) is 2. The fraction of sp³-hybridized carbons (Fsp3) is 0. The van der Waals surface area contributed by atoms with Crippen LogP contribution in [0, 0.1) is 9.88 Å². The van der Waals surface area contributed by atoms with Gasteiger partial charge < -0.3 is 10.1 Å². The minimum atomic E-state index is -0.641. The van der Waals surface area contributed by atoms with E-state index in [0.717, 1.165) is 16.3 Å². The van der Waals surface area contributed by atoms with E-state index in [0.29, 0.717) is 9.88 Å². The van der Waals surface area contributed by atoms with Crippen LogP contribution in [0.25, 0.3) is 16.0 Å². The SMILES string of the molecule is C=C(O)c1cc(=O)c(=O)c2sc3ccccc3[nH]c1=2. The summed E-state index contributed by atoms with van der Waals surface area (Å²) in [7, 11) is 0. The molecule has 1 heterocycles. The number of aromatic amines is 1. The average Bonchev–Trinajstić information content (AvgIpc) is 2.41. The predicted molar refractivity (Wildman–Crippen MR) is 75.7 cm³/mol. The molecule has 2 aliphatic rings. The Bertz CT molecular complexity index is 984. The van der Waals surface area contributed by atoms with Gasteiger partial charge in [0, 0.05) is 11.6 Å². The molecule has 0 bridgehead atoms. The van der Waals surface area contributed by atoms with E-state index in [1.54, 1.807) is 0 Å². The zero-order valence-corrected chi connectivity index (χ0v) is 10.6. The van der Waals surface area contributed by atoms with Crippen LogP contribution in [0.1, 0.15) is 5.56 Å². The van der Waals surface area contributed by atoms with Crippen molar-refractivity contribution in [3.8, 4) is 0 Å². The quantitative estimate of drug-likeness (QED) is 0.526. The van der Waals surface area contributed by atoms with Crippen molar-refractivity contribution in [3.63, 3.8) is 0 Å². The molecule has 0 saturated heterocycles. The van der Waals surface area contributed by atoms with Crippen LogP contribution in [0.4, 0.5) is 0 Å². The molecule has 1 aliphatic carbocycles. The van der Waals surface area contributed by atoms with Gasteiger partial charge in [0.25, 0.3) is 0 Å². The lowest BCUT2D eigenvalue weighted by Crippen LogP contribution is -2.24. The Balaban J connectivity index is 2.70. The van der Waals surface area contributed by atoms with Crippen molar-refractivity contribution in [1.82, 2.24) is 4.98 Å². The molecular formula is C14H9NO3S. The van der Waals surface area contributed by atoms with Crippen LogP contribution in [0.15, 0.2) is 46.5 Å². The first-order chi connectivity index (χ1) is 9.08. The van der Waals surface area contributed by atoms with Crippen LogP contribution in [0.3, 0.4) is 0 Å². The lowest BCUT2D eigenvalue weighted by Gasteiger charge is -2.03. The monoisotopic (exact) mass is 271 g/mol. The molecule has 0 fully saturated rings. The molecule has 0 atom stereocenters. The van der Waals surface area contributed by atoms with Gasteiger partial charge in [-0.2, -0.15) is 0 Å². The van der Waals surface area contributed by atoms with E-state index >= 15 is 0 Å². The molecule has 5 heteroatoms. The molecule has 0 unspecified atom stereocenters. The van der Waals surface area contributed by atoms with Gasteiger partial charge in [-0.25, -0.2) is 0 Å². The molecule has 1 aliphatic heterocycles. The van der Waals surface area contributed by atoms with Gasteiger partial charge in [-0.3, -0.25) is 9.59 Å². The number of hydrogen-bond acceptors (Lipinski definition) is 4. The van der Waals surface area contributed by atoms with Gasteiger partial charge >= 0.3 is 0 Å². The lowest BCUT2D eigenvalue weighted by molar-refractivity contribution is 0.513. The van der Waals surface area contributed by atoms with E-state index < -0.39 is 10.9 Å². The highest BCUT2D eigenvalue weighted by Gasteiger charge is 2.09. The largest absolute Gasteiger partial charge is 0.508 e. The number of aromatic nitrogens is 1. The Labute approximate surface area is 110 Å². The number of fused-ring (bicyclic) bond motifs is 1. The number of para-hydroxylation sites is 1. The Kier molecular flexibility index (Phi) is 2.50. The van der Waals surface area contributed by atoms with Crippen LogP contribution in [-0.4, -0.2) is 10.1 Å². The van der Waals surface area contributed by atoms with Crippen molar-refractivity contribution >= 4 is 27.3 Å². The van der Waals surface area contributed by atoms with Gasteiger partial charge in [0.2, 0.25) is 10.9 Å². The molecule has 1 aromatic rings. The summed E-state index contributed by atoms with van der Waals surface area (Å²) in [6.07, 6.45) is 0. The Morgan fingerprint density at radius 1 is 1.26 bits per heavy atom. The lowest BCUT2D eigenvalue weighted by atomic mass is 10.2. The molecule has 1 aromatic carbocycles. The Hall–Kier alpha value is -2.40. The van der Waals surface area contributed by atoms with Gasteiger partial charge in [-0.1, -0.05) is 18.7 Å². The number of H-pyrrole nitrogens is 1. The molecule has 2 N–H and O–H groups in total. The summed E-state index contributed by atoms with van der Waals surface area (Å²) in [5, 5.41) is 10.0. The van der Waals surface area contributed by atoms with E-state index in [9.17, 15) is 14.7 Å². The highest BCUT2D eigenvalue weighted by molar-refractivity contribution is 7.16. The second-order valence-electron chi connectivity index (χ2n) is 4.13. The summed E-state index contributed by atoms with van der Waals surface area (Å²) < 4.78 is 1.17. The van der Waals surface area contributed by atoms with E-state index in [-0.39, 0.29) is 11.3 Å². The maximum atomic E-state index is 11.9. The third kappa shape index (κ3) is 1.75. The molecule has 0 saturated carbocycles. The molecule has 0 radical (unpaired) electrons. The summed E-state index contributed by atoms with van der Waals surface area (Å²) in [6.45, 7) is 3.43. The van der Waals surface area contributed by atoms with Crippen molar-refractivity contribution in [2.45, 2.75) is 0 Å². The first kappa shape index (κ1) is 11.7. The van der Waals surface area contributed by atoms with Crippen molar-refractivity contribution in [3.05, 3.63) is 72.8 Å². The van der Waals surface area contributed by atoms with Crippen molar-refractivity contribution in [2.24, 2.45) is 0 Å². The third-order valence-electron chi connectivity index (χ3n) is 2.87. The first-order valence-electron chi connectivity index (χ1n) is 5.55. The molecule has 19 heavy (non-hydrogen) atoms.